The van der Waals surface area contributed by atoms with Crippen LogP contribution in [0.25, 0.3) is 0 Å². The van der Waals surface area contributed by atoms with Crippen molar-refractivity contribution >= 4 is 17.1 Å². The lowest BCUT2D eigenvalue weighted by molar-refractivity contribution is 0.678. The Morgan fingerprint density at radius 3 is 1.54 bits per heavy atom. The summed E-state index contributed by atoms with van der Waals surface area (Å²) in [6.07, 6.45) is 4.88. The summed E-state index contributed by atoms with van der Waals surface area (Å²) in [5.41, 5.74) is 4.93. The molecule has 2 rings (SSSR count). The van der Waals surface area contributed by atoms with Crippen molar-refractivity contribution < 1.29 is 0 Å². The van der Waals surface area contributed by atoms with Crippen LogP contribution in [0, 0.1) is 5.41 Å². The zero-order valence-corrected chi connectivity index (χ0v) is 16.8. The van der Waals surface area contributed by atoms with E-state index in [0.29, 0.717) is 5.71 Å². The molecule has 140 valence electrons. The van der Waals surface area contributed by atoms with E-state index in [1.54, 1.807) is 0 Å². The normalized spacial score (nSPS) is 10.6. The summed E-state index contributed by atoms with van der Waals surface area (Å²) in [5, 5.41) is 8.52. The molecule has 0 amide bonds. The summed E-state index contributed by atoms with van der Waals surface area (Å²) < 4.78 is 0. The fourth-order valence-electron chi connectivity index (χ4n) is 3.00. The molecule has 0 fully saturated rings. The molecule has 0 aromatic heterocycles. The number of nitrogens with one attached hydrogen (secondary N) is 1. The highest BCUT2D eigenvalue weighted by molar-refractivity contribution is 6.11. The summed E-state index contributed by atoms with van der Waals surface area (Å²) in [6, 6.07) is 16.7. The first kappa shape index (κ1) is 20.0. The molecule has 26 heavy (non-hydrogen) atoms. The third-order valence-corrected chi connectivity index (χ3v) is 4.76. The maximum absolute atomic E-state index is 8.52. The molecule has 0 aliphatic rings. The van der Waals surface area contributed by atoms with Crippen LogP contribution in [0.1, 0.15) is 50.7 Å². The van der Waals surface area contributed by atoms with Gasteiger partial charge in [-0.05, 0) is 37.1 Å². The Kier molecular flexibility index (Phi) is 7.71. The van der Waals surface area contributed by atoms with E-state index >= 15 is 0 Å². The average molecular weight is 352 g/mol. The van der Waals surface area contributed by atoms with E-state index in [9.17, 15) is 0 Å². The number of benzene rings is 2. The standard InChI is InChI=1S/C23H33N3/c1-5-7-17-26(18-8-6-2)22-15-11-20(12-16-22)23(24)19-9-13-21(14-10-19)25(3)4/h9-16,24H,5-8,17-18H2,1-4H3. The van der Waals surface area contributed by atoms with Gasteiger partial charge in [0.05, 0.1) is 5.71 Å². The van der Waals surface area contributed by atoms with Crippen LogP contribution in [0.3, 0.4) is 0 Å². The van der Waals surface area contributed by atoms with Crippen LogP contribution >= 0.6 is 0 Å². The zero-order chi connectivity index (χ0) is 18.9. The maximum Gasteiger partial charge on any atom is 0.0684 e. The molecule has 0 spiro atoms. The van der Waals surface area contributed by atoms with Gasteiger partial charge in [0.1, 0.15) is 0 Å². The number of anilines is 2. The van der Waals surface area contributed by atoms with E-state index in [4.69, 9.17) is 5.41 Å². The lowest BCUT2D eigenvalue weighted by atomic mass is 10.0. The van der Waals surface area contributed by atoms with Gasteiger partial charge in [-0.2, -0.15) is 0 Å². The van der Waals surface area contributed by atoms with Crippen LogP contribution < -0.4 is 9.80 Å². The fourth-order valence-corrected chi connectivity index (χ4v) is 3.00. The monoisotopic (exact) mass is 351 g/mol. The lowest BCUT2D eigenvalue weighted by Gasteiger charge is -2.25. The third kappa shape index (κ3) is 5.35. The van der Waals surface area contributed by atoms with Crippen molar-refractivity contribution in [3.8, 4) is 0 Å². The molecule has 0 aliphatic carbocycles. The molecule has 3 heteroatoms. The van der Waals surface area contributed by atoms with Crippen LogP contribution in [0.4, 0.5) is 11.4 Å². The molecule has 2 aromatic rings. The molecule has 0 saturated heterocycles. The first-order valence-electron chi connectivity index (χ1n) is 9.78. The Hall–Kier alpha value is -2.29. The molecule has 0 bridgehead atoms. The molecule has 1 N–H and O–H groups in total. The molecule has 0 aliphatic heterocycles. The minimum Gasteiger partial charge on any atom is -0.378 e. The maximum atomic E-state index is 8.52. The number of nitrogens with zero attached hydrogens (tertiary/aromatic N) is 2. The lowest BCUT2D eigenvalue weighted by Crippen LogP contribution is -2.25. The number of hydrogen-bond donors (Lipinski definition) is 1. The zero-order valence-electron chi connectivity index (χ0n) is 16.8. The summed E-state index contributed by atoms with van der Waals surface area (Å²) in [4.78, 5) is 4.55. The average Bonchev–Trinajstić information content (AvgIpc) is 2.68. The molecule has 2 aromatic carbocycles. The second-order valence-electron chi connectivity index (χ2n) is 7.06. The summed E-state index contributed by atoms with van der Waals surface area (Å²) in [6.45, 7) is 6.70. The number of unbranched alkanes of at least 4 members (excludes halogenated alkanes) is 2. The smallest absolute Gasteiger partial charge is 0.0684 e. The van der Waals surface area contributed by atoms with Gasteiger partial charge in [-0.3, -0.25) is 5.41 Å². The van der Waals surface area contributed by atoms with E-state index < -0.39 is 0 Å². The van der Waals surface area contributed by atoms with Crippen LogP contribution in [-0.4, -0.2) is 32.9 Å². The van der Waals surface area contributed by atoms with Gasteiger partial charge in [-0.1, -0.05) is 51.0 Å². The van der Waals surface area contributed by atoms with E-state index in [0.717, 1.165) is 29.9 Å². The first-order chi connectivity index (χ1) is 12.6. The quantitative estimate of drug-likeness (QED) is 0.567. The third-order valence-electron chi connectivity index (χ3n) is 4.76. The highest BCUT2D eigenvalue weighted by atomic mass is 15.1. The Labute approximate surface area is 159 Å². The van der Waals surface area contributed by atoms with E-state index in [2.05, 4.69) is 60.0 Å². The van der Waals surface area contributed by atoms with Crippen molar-refractivity contribution in [2.75, 3.05) is 37.0 Å². The topological polar surface area (TPSA) is 30.3 Å². The molecular weight excluding hydrogens is 318 g/mol. The second-order valence-corrected chi connectivity index (χ2v) is 7.06. The van der Waals surface area contributed by atoms with Gasteiger partial charge >= 0.3 is 0 Å². The Morgan fingerprint density at radius 2 is 1.15 bits per heavy atom. The number of rotatable bonds is 10. The molecule has 0 unspecified atom stereocenters. The van der Waals surface area contributed by atoms with Crippen LogP contribution in [0.2, 0.25) is 0 Å². The van der Waals surface area contributed by atoms with E-state index in [1.807, 2.05) is 26.2 Å². The minimum atomic E-state index is 0.579. The van der Waals surface area contributed by atoms with Gasteiger partial charge in [0.2, 0.25) is 0 Å². The SMILES string of the molecule is CCCCN(CCCC)c1ccc(C(=N)c2ccc(N(C)C)cc2)cc1. The summed E-state index contributed by atoms with van der Waals surface area (Å²) >= 11 is 0. The largest absolute Gasteiger partial charge is 0.378 e. The van der Waals surface area contributed by atoms with Gasteiger partial charge < -0.3 is 9.80 Å². The van der Waals surface area contributed by atoms with Gasteiger partial charge in [0, 0.05) is 49.7 Å². The highest BCUT2D eigenvalue weighted by Gasteiger charge is 2.09. The fraction of sp³-hybridized carbons (Fsp3) is 0.435. The van der Waals surface area contributed by atoms with Gasteiger partial charge in [-0.15, -0.1) is 0 Å². The number of hydrogen-bond acceptors (Lipinski definition) is 3. The highest BCUT2D eigenvalue weighted by Crippen LogP contribution is 2.20. The second kappa shape index (κ2) is 10.0. The van der Waals surface area contributed by atoms with E-state index in [-0.39, 0.29) is 0 Å². The molecule has 0 heterocycles. The molecule has 3 nitrogen and oxygen atoms in total. The van der Waals surface area contributed by atoms with Crippen molar-refractivity contribution in [3.63, 3.8) is 0 Å². The molecule has 0 radical (unpaired) electrons. The Balaban J connectivity index is 2.12. The van der Waals surface area contributed by atoms with E-state index in [1.165, 1.54) is 31.4 Å². The summed E-state index contributed by atoms with van der Waals surface area (Å²) in [5.74, 6) is 0. The first-order valence-corrected chi connectivity index (χ1v) is 9.78. The molecule has 0 saturated carbocycles. The Bertz CT molecular complexity index is 664. The van der Waals surface area contributed by atoms with Gasteiger partial charge in [-0.25, -0.2) is 0 Å². The van der Waals surface area contributed by atoms with Crippen LogP contribution in [-0.2, 0) is 0 Å². The van der Waals surface area contributed by atoms with Crippen molar-refractivity contribution in [2.45, 2.75) is 39.5 Å². The van der Waals surface area contributed by atoms with Crippen molar-refractivity contribution in [3.05, 3.63) is 59.7 Å². The van der Waals surface area contributed by atoms with Crippen molar-refractivity contribution in [1.29, 1.82) is 5.41 Å². The van der Waals surface area contributed by atoms with Gasteiger partial charge in [0.15, 0.2) is 0 Å². The van der Waals surface area contributed by atoms with Gasteiger partial charge in [0.25, 0.3) is 0 Å². The van der Waals surface area contributed by atoms with Crippen molar-refractivity contribution in [1.82, 2.24) is 0 Å². The predicted octanol–water partition coefficient (Wildman–Crippen LogP) is 5.58. The molecular formula is C23H33N3. The Morgan fingerprint density at radius 1 is 0.731 bits per heavy atom. The van der Waals surface area contributed by atoms with Crippen LogP contribution in [0.5, 0.6) is 0 Å². The summed E-state index contributed by atoms with van der Waals surface area (Å²) in [7, 11) is 4.06. The van der Waals surface area contributed by atoms with Crippen molar-refractivity contribution in [2.24, 2.45) is 0 Å². The molecule has 0 atom stereocenters. The van der Waals surface area contributed by atoms with Crippen LogP contribution in [0.15, 0.2) is 48.5 Å². The minimum absolute atomic E-state index is 0.579. The predicted molar refractivity (Wildman–Crippen MR) is 115 cm³/mol.